The van der Waals surface area contributed by atoms with Crippen LogP contribution in [0.1, 0.15) is 42.5 Å². The first kappa shape index (κ1) is 20.0. The fraction of sp³-hybridized carbons (Fsp3) is 0.364. The molecule has 1 aliphatic rings. The van der Waals surface area contributed by atoms with Gasteiger partial charge in [-0.15, -0.1) is 0 Å². The number of anilines is 2. The molecule has 3 heterocycles. The molecule has 2 aromatic heterocycles. The average Bonchev–Trinajstić information content (AvgIpc) is 3.34. The first-order valence-electron chi connectivity index (χ1n) is 10.1. The molecule has 0 radical (unpaired) electrons. The van der Waals surface area contributed by atoms with Crippen LogP contribution in [-0.2, 0) is 0 Å². The zero-order valence-electron chi connectivity index (χ0n) is 17.4. The zero-order valence-corrected chi connectivity index (χ0v) is 17.4. The number of carbonyl (C=O) groups is 1. The number of aromatic nitrogens is 4. The highest BCUT2D eigenvalue weighted by molar-refractivity contribution is 5.94. The number of aliphatic hydroxyl groups excluding tert-OH is 1. The monoisotopic (exact) mass is 406 g/mol. The van der Waals surface area contributed by atoms with E-state index in [4.69, 9.17) is 0 Å². The molecule has 8 heteroatoms. The smallest absolute Gasteiger partial charge is 0.253 e. The molecule has 1 aromatic carbocycles. The summed E-state index contributed by atoms with van der Waals surface area (Å²) in [5.41, 5.74) is 3.13. The number of carbonyl (C=O) groups excluding carboxylic acids is 1. The molecular formula is C22H26N6O2. The van der Waals surface area contributed by atoms with Gasteiger partial charge < -0.3 is 19.9 Å². The van der Waals surface area contributed by atoms with Gasteiger partial charge in [-0.25, -0.2) is 15.0 Å². The van der Waals surface area contributed by atoms with Crippen LogP contribution in [0.25, 0.3) is 11.4 Å². The number of aliphatic hydroxyl groups is 1. The molecule has 156 valence electrons. The van der Waals surface area contributed by atoms with Gasteiger partial charge in [0.05, 0.1) is 23.7 Å². The lowest BCUT2D eigenvalue weighted by Crippen LogP contribution is -2.29. The van der Waals surface area contributed by atoms with E-state index in [2.05, 4.69) is 38.7 Å². The maximum atomic E-state index is 12.5. The highest BCUT2D eigenvalue weighted by atomic mass is 16.3. The Morgan fingerprint density at radius 2 is 1.97 bits per heavy atom. The minimum atomic E-state index is -0.421. The third-order valence-corrected chi connectivity index (χ3v) is 5.25. The second-order valence-corrected chi connectivity index (χ2v) is 7.82. The Bertz CT molecular complexity index is 1040. The Labute approximate surface area is 175 Å². The number of likely N-dealkylation sites (tertiary alicyclic amines) is 1. The Hall–Kier alpha value is -3.26. The highest BCUT2D eigenvalue weighted by Gasteiger charge is 2.25. The quantitative estimate of drug-likeness (QED) is 0.676. The molecule has 8 nitrogen and oxygen atoms in total. The van der Waals surface area contributed by atoms with Crippen molar-refractivity contribution < 1.29 is 9.90 Å². The second kappa shape index (κ2) is 8.23. The van der Waals surface area contributed by atoms with Crippen molar-refractivity contribution in [2.24, 2.45) is 0 Å². The maximum Gasteiger partial charge on any atom is 0.253 e. The van der Waals surface area contributed by atoms with Crippen LogP contribution >= 0.6 is 0 Å². The third-order valence-electron chi connectivity index (χ3n) is 5.25. The lowest BCUT2D eigenvalue weighted by atomic mass is 10.2. The number of nitrogens with one attached hydrogen (secondary N) is 1. The van der Waals surface area contributed by atoms with Crippen LogP contribution in [0.3, 0.4) is 0 Å². The predicted octanol–water partition coefficient (Wildman–Crippen LogP) is 3.18. The van der Waals surface area contributed by atoms with Crippen molar-refractivity contribution in [3.63, 3.8) is 0 Å². The van der Waals surface area contributed by atoms with Crippen LogP contribution in [-0.4, -0.2) is 54.6 Å². The summed E-state index contributed by atoms with van der Waals surface area (Å²) in [4.78, 5) is 27.6. The average molecular weight is 406 g/mol. The molecule has 0 saturated carbocycles. The number of rotatable bonds is 5. The van der Waals surface area contributed by atoms with Gasteiger partial charge in [0.15, 0.2) is 0 Å². The van der Waals surface area contributed by atoms with Crippen molar-refractivity contribution >= 4 is 17.5 Å². The van der Waals surface area contributed by atoms with Gasteiger partial charge in [-0.1, -0.05) is 0 Å². The van der Waals surface area contributed by atoms with Gasteiger partial charge >= 0.3 is 0 Å². The second-order valence-electron chi connectivity index (χ2n) is 7.82. The van der Waals surface area contributed by atoms with Gasteiger partial charge in [0.2, 0.25) is 5.95 Å². The van der Waals surface area contributed by atoms with Crippen molar-refractivity contribution in [2.45, 2.75) is 39.3 Å². The van der Waals surface area contributed by atoms with E-state index in [0.717, 1.165) is 22.9 Å². The summed E-state index contributed by atoms with van der Waals surface area (Å²) in [6, 6.07) is 9.35. The zero-order chi connectivity index (χ0) is 21.3. The molecule has 0 unspecified atom stereocenters. The summed E-state index contributed by atoms with van der Waals surface area (Å²) in [7, 11) is 0. The Balaban J connectivity index is 1.50. The summed E-state index contributed by atoms with van der Waals surface area (Å²) >= 11 is 0. The third kappa shape index (κ3) is 4.04. The summed E-state index contributed by atoms with van der Waals surface area (Å²) in [6.45, 7) is 7.20. The number of nitrogens with zero attached hydrogens (tertiary/aromatic N) is 5. The van der Waals surface area contributed by atoms with E-state index in [1.807, 2.05) is 31.3 Å². The van der Waals surface area contributed by atoms with Crippen molar-refractivity contribution in [3.8, 4) is 11.4 Å². The van der Waals surface area contributed by atoms with Crippen LogP contribution in [0.5, 0.6) is 0 Å². The van der Waals surface area contributed by atoms with Crippen molar-refractivity contribution in [1.82, 2.24) is 24.4 Å². The Morgan fingerprint density at radius 3 is 2.63 bits per heavy atom. The topological polar surface area (TPSA) is 96.2 Å². The van der Waals surface area contributed by atoms with Crippen LogP contribution < -0.4 is 5.32 Å². The molecule has 3 aromatic rings. The van der Waals surface area contributed by atoms with Gasteiger partial charge in [0.1, 0.15) is 5.82 Å². The lowest BCUT2D eigenvalue weighted by Gasteiger charge is -2.16. The largest absolute Gasteiger partial charge is 0.391 e. The number of benzene rings is 1. The molecule has 0 bridgehead atoms. The number of β-amino-alcohol motifs (C(OH)–C–C–N with tert-alkyl or cyclic N) is 1. The molecule has 0 spiro atoms. The van der Waals surface area contributed by atoms with E-state index in [1.54, 1.807) is 23.2 Å². The van der Waals surface area contributed by atoms with E-state index < -0.39 is 6.10 Å². The number of aryl methyl sites for hydroxylation is 1. The normalized spacial score (nSPS) is 16.3. The molecule has 1 fully saturated rings. The van der Waals surface area contributed by atoms with Crippen molar-refractivity contribution in [2.75, 3.05) is 18.4 Å². The fourth-order valence-electron chi connectivity index (χ4n) is 3.79. The molecule has 1 amide bonds. The fourth-order valence-corrected chi connectivity index (χ4v) is 3.79. The Morgan fingerprint density at radius 1 is 1.20 bits per heavy atom. The summed E-state index contributed by atoms with van der Waals surface area (Å²) < 4.78 is 2.14. The number of amides is 1. The number of imidazole rings is 1. The molecule has 0 aliphatic carbocycles. The van der Waals surface area contributed by atoms with E-state index in [0.29, 0.717) is 31.0 Å². The maximum absolute atomic E-state index is 12.5. The molecule has 1 atom stereocenters. The summed E-state index contributed by atoms with van der Waals surface area (Å²) in [5.74, 6) is 1.36. The van der Waals surface area contributed by atoms with Crippen LogP contribution in [0.15, 0.2) is 42.7 Å². The molecule has 1 aliphatic heterocycles. The lowest BCUT2D eigenvalue weighted by molar-refractivity contribution is 0.0765. The van der Waals surface area contributed by atoms with E-state index in [9.17, 15) is 9.90 Å². The van der Waals surface area contributed by atoms with E-state index >= 15 is 0 Å². The van der Waals surface area contributed by atoms with Crippen molar-refractivity contribution in [3.05, 3.63) is 54.1 Å². The predicted molar refractivity (Wildman–Crippen MR) is 115 cm³/mol. The van der Waals surface area contributed by atoms with Crippen LogP contribution in [0.4, 0.5) is 11.6 Å². The van der Waals surface area contributed by atoms with Gasteiger partial charge in [-0.2, -0.15) is 0 Å². The molecule has 1 saturated heterocycles. The van der Waals surface area contributed by atoms with Crippen LogP contribution in [0, 0.1) is 6.92 Å². The van der Waals surface area contributed by atoms with Gasteiger partial charge in [0.25, 0.3) is 5.91 Å². The number of hydrogen-bond donors (Lipinski definition) is 2. The minimum Gasteiger partial charge on any atom is -0.391 e. The number of hydrogen-bond acceptors (Lipinski definition) is 6. The van der Waals surface area contributed by atoms with Crippen molar-refractivity contribution in [1.29, 1.82) is 0 Å². The van der Waals surface area contributed by atoms with Crippen LogP contribution in [0.2, 0.25) is 0 Å². The molecule has 4 rings (SSSR count). The molecule has 2 N–H and O–H groups in total. The first-order valence-corrected chi connectivity index (χ1v) is 10.1. The van der Waals surface area contributed by atoms with E-state index in [1.165, 1.54) is 0 Å². The Kier molecular flexibility index (Phi) is 5.50. The molecular weight excluding hydrogens is 380 g/mol. The highest BCUT2D eigenvalue weighted by Crippen LogP contribution is 2.24. The van der Waals surface area contributed by atoms with Gasteiger partial charge in [-0.05, 0) is 57.5 Å². The first-order chi connectivity index (χ1) is 14.4. The SMILES string of the molecule is Cc1ncc(-c2ccnc(Nc3ccc(C(=O)N4CC[C@@H](O)C4)cc3)n2)n1C(C)C. The molecule has 30 heavy (non-hydrogen) atoms. The van der Waals surface area contributed by atoms with Gasteiger partial charge in [-0.3, -0.25) is 4.79 Å². The minimum absolute atomic E-state index is 0.0614. The van der Waals surface area contributed by atoms with Gasteiger partial charge in [0, 0.05) is 36.6 Å². The summed E-state index contributed by atoms with van der Waals surface area (Å²) in [6.07, 6.45) is 3.76. The summed E-state index contributed by atoms with van der Waals surface area (Å²) in [5, 5.41) is 12.8. The van der Waals surface area contributed by atoms with E-state index in [-0.39, 0.29) is 11.9 Å². The standard InChI is InChI=1S/C22H26N6O2/c1-14(2)28-15(3)24-12-20(28)19-8-10-23-22(26-19)25-17-6-4-16(5-7-17)21(30)27-11-9-18(29)13-27/h4-8,10,12,14,18,29H,9,11,13H2,1-3H3,(H,23,25,26)/t18-/m1/s1.